The molecule has 2 atom stereocenters. The minimum absolute atomic E-state index is 0.153. The van der Waals surface area contributed by atoms with Crippen molar-refractivity contribution in [1.29, 1.82) is 0 Å². The summed E-state index contributed by atoms with van der Waals surface area (Å²) in [6.45, 7) is 7.49. The lowest BCUT2D eigenvalue weighted by atomic mass is 10.1. The van der Waals surface area contributed by atoms with Gasteiger partial charge in [-0.3, -0.25) is 14.9 Å². The number of carbonyl (C=O) groups excluding carboxylic acids is 1. The van der Waals surface area contributed by atoms with Crippen LogP contribution in [0, 0.1) is 16.0 Å². The van der Waals surface area contributed by atoms with Gasteiger partial charge in [-0.1, -0.05) is 13.8 Å². The fourth-order valence-corrected chi connectivity index (χ4v) is 2.55. The average Bonchev–Trinajstić information content (AvgIpc) is 2.17. The van der Waals surface area contributed by atoms with E-state index in [9.17, 15) is 14.9 Å². The SMILES string of the molecule is CCOC(=O)CSC(C(C)C)C(C)[N+](=O)[O-]. The third kappa shape index (κ3) is 5.34. The van der Waals surface area contributed by atoms with Crippen LogP contribution in [0.4, 0.5) is 0 Å². The van der Waals surface area contributed by atoms with E-state index in [1.807, 2.05) is 13.8 Å². The van der Waals surface area contributed by atoms with Crippen molar-refractivity contribution in [2.45, 2.75) is 39.0 Å². The molecule has 0 amide bonds. The van der Waals surface area contributed by atoms with Crippen molar-refractivity contribution in [3.8, 4) is 0 Å². The highest BCUT2D eigenvalue weighted by Crippen LogP contribution is 2.24. The summed E-state index contributed by atoms with van der Waals surface area (Å²) in [4.78, 5) is 21.5. The van der Waals surface area contributed by atoms with E-state index in [4.69, 9.17) is 4.74 Å². The number of thioether (sulfide) groups is 1. The van der Waals surface area contributed by atoms with E-state index in [0.29, 0.717) is 6.61 Å². The van der Waals surface area contributed by atoms with Crippen LogP contribution < -0.4 is 0 Å². The number of ether oxygens (including phenoxy) is 1. The highest BCUT2D eigenvalue weighted by Gasteiger charge is 2.30. The Kier molecular flexibility index (Phi) is 7.12. The van der Waals surface area contributed by atoms with Crippen LogP contribution in [0.25, 0.3) is 0 Å². The molecule has 0 rings (SSSR count). The second kappa shape index (κ2) is 7.49. The van der Waals surface area contributed by atoms with Crippen molar-refractivity contribution in [2.24, 2.45) is 5.92 Å². The fraction of sp³-hybridized carbons (Fsp3) is 0.900. The topological polar surface area (TPSA) is 69.4 Å². The van der Waals surface area contributed by atoms with Crippen LogP contribution in [-0.2, 0) is 9.53 Å². The first-order chi connectivity index (χ1) is 7.40. The quantitative estimate of drug-likeness (QED) is 0.392. The Morgan fingerprint density at radius 3 is 2.38 bits per heavy atom. The number of nitrogens with zero attached hydrogens (tertiary/aromatic N) is 1. The van der Waals surface area contributed by atoms with Gasteiger partial charge in [-0.15, -0.1) is 11.8 Å². The van der Waals surface area contributed by atoms with Gasteiger partial charge < -0.3 is 4.74 Å². The summed E-state index contributed by atoms with van der Waals surface area (Å²) in [5.41, 5.74) is 0. The first kappa shape index (κ1) is 15.2. The van der Waals surface area contributed by atoms with E-state index in [1.54, 1.807) is 13.8 Å². The molecule has 0 aliphatic rings. The zero-order valence-electron chi connectivity index (χ0n) is 10.1. The molecule has 0 aromatic heterocycles. The Labute approximate surface area is 100 Å². The second-order valence-corrected chi connectivity index (χ2v) is 5.02. The van der Waals surface area contributed by atoms with Crippen molar-refractivity contribution in [2.75, 3.05) is 12.4 Å². The number of hydrogen-bond donors (Lipinski definition) is 0. The van der Waals surface area contributed by atoms with Crippen LogP contribution in [0.1, 0.15) is 27.7 Å². The molecule has 0 N–H and O–H groups in total. The van der Waals surface area contributed by atoms with Crippen LogP contribution >= 0.6 is 11.8 Å². The molecule has 0 saturated heterocycles. The summed E-state index contributed by atoms with van der Waals surface area (Å²) in [6.07, 6.45) is 0. The lowest BCUT2D eigenvalue weighted by Gasteiger charge is -2.20. The van der Waals surface area contributed by atoms with Crippen molar-refractivity contribution in [1.82, 2.24) is 0 Å². The first-order valence-corrected chi connectivity index (χ1v) is 6.35. The van der Waals surface area contributed by atoms with Gasteiger partial charge in [-0.2, -0.15) is 0 Å². The van der Waals surface area contributed by atoms with Crippen molar-refractivity contribution in [3.05, 3.63) is 10.1 Å². The Balaban J connectivity index is 4.24. The smallest absolute Gasteiger partial charge is 0.315 e. The molecule has 0 aromatic rings. The molecule has 0 bridgehead atoms. The van der Waals surface area contributed by atoms with E-state index in [1.165, 1.54) is 11.8 Å². The molecule has 0 radical (unpaired) electrons. The summed E-state index contributed by atoms with van der Waals surface area (Å²) in [7, 11) is 0. The Morgan fingerprint density at radius 2 is 2.00 bits per heavy atom. The van der Waals surface area contributed by atoms with Crippen molar-refractivity contribution >= 4 is 17.7 Å². The molecule has 0 fully saturated rings. The molecule has 16 heavy (non-hydrogen) atoms. The summed E-state index contributed by atoms with van der Waals surface area (Å²) >= 11 is 1.30. The van der Waals surface area contributed by atoms with Gasteiger partial charge in [-0.25, -0.2) is 0 Å². The molecule has 0 aliphatic carbocycles. The first-order valence-electron chi connectivity index (χ1n) is 5.30. The largest absolute Gasteiger partial charge is 0.465 e. The highest BCUT2D eigenvalue weighted by molar-refractivity contribution is 8.00. The average molecular weight is 249 g/mol. The third-order valence-electron chi connectivity index (χ3n) is 2.16. The summed E-state index contributed by atoms with van der Waals surface area (Å²) in [5, 5.41) is 10.5. The maximum Gasteiger partial charge on any atom is 0.315 e. The number of carbonyl (C=O) groups is 1. The number of nitro groups is 1. The normalized spacial score (nSPS) is 14.6. The number of rotatable bonds is 7. The van der Waals surface area contributed by atoms with Gasteiger partial charge in [0.2, 0.25) is 6.04 Å². The van der Waals surface area contributed by atoms with Crippen LogP contribution in [-0.4, -0.2) is 34.5 Å². The minimum Gasteiger partial charge on any atom is -0.465 e. The van der Waals surface area contributed by atoms with Gasteiger partial charge in [0.05, 0.1) is 17.6 Å². The third-order valence-corrected chi connectivity index (χ3v) is 3.89. The monoisotopic (exact) mass is 249 g/mol. The summed E-state index contributed by atoms with van der Waals surface area (Å²) in [6, 6.07) is -0.653. The van der Waals surface area contributed by atoms with Crippen LogP contribution in [0.2, 0.25) is 0 Å². The van der Waals surface area contributed by atoms with E-state index >= 15 is 0 Å². The van der Waals surface area contributed by atoms with Crippen molar-refractivity contribution < 1.29 is 14.5 Å². The van der Waals surface area contributed by atoms with Gasteiger partial charge in [0.25, 0.3) is 0 Å². The molecule has 5 nitrogen and oxygen atoms in total. The Bertz CT molecular complexity index is 245. The predicted octanol–water partition coefficient (Wildman–Crippen LogP) is 1.97. The number of esters is 1. The summed E-state index contributed by atoms with van der Waals surface area (Å²) in [5.74, 6) is 0.0167. The number of hydrogen-bond acceptors (Lipinski definition) is 5. The molecule has 0 heterocycles. The molecular weight excluding hydrogens is 230 g/mol. The predicted molar refractivity (Wildman–Crippen MR) is 64.2 cm³/mol. The lowest BCUT2D eigenvalue weighted by Crippen LogP contribution is -2.33. The molecular formula is C10H19NO4S. The van der Waals surface area contributed by atoms with Gasteiger partial charge >= 0.3 is 5.97 Å². The van der Waals surface area contributed by atoms with E-state index in [2.05, 4.69) is 0 Å². The van der Waals surface area contributed by atoms with Crippen molar-refractivity contribution in [3.63, 3.8) is 0 Å². The Hall–Kier alpha value is -0.780. The van der Waals surface area contributed by atoms with E-state index < -0.39 is 6.04 Å². The lowest BCUT2D eigenvalue weighted by molar-refractivity contribution is -0.518. The van der Waals surface area contributed by atoms with Crippen LogP contribution in [0.3, 0.4) is 0 Å². The minimum atomic E-state index is -0.653. The van der Waals surface area contributed by atoms with Gasteiger partial charge in [0.1, 0.15) is 0 Å². The molecule has 94 valence electrons. The van der Waals surface area contributed by atoms with Crippen LogP contribution in [0.15, 0.2) is 0 Å². The molecule has 0 spiro atoms. The molecule has 0 aliphatic heterocycles. The fourth-order valence-electron chi connectivity index (χ4n) is 1.38. The molecule has 0 aromatic carbocycles. The van der Waals surface area contributed by atoms with Crippen LogP contribution in [0.5, 0.6) is 0 Å². The maximum atomic E-state index is 11.1. The zero-order valence-corrected chi connectivity index (χ0v) is 11.0. The molecule has 6 heteroatoms. The molecule has 2 unspecified atom stereocenters. The molecule has 0 saturated carbocycles. The standard InChI is InChI=1S/C10H19NO4S/c1-5-15-9(12)6-16-10(7(2)3)8(4)11(13)14/h7-8,10H,5-6H2,1-4H3. The summed E-state index contributed by atoms with van der Waals surface area (Å²) < 4.78 is 4.78. The van der Waals surface area contributed by atoms with E-state index in [-0.39, 0.29) is 27.8 Å². The van der Waals surface area contributed by atoms with Gasteiger partial charge in [-0.05, 0) is 12.8 Å². The zero-order chi connectivity index (χ0) is 12.7. The van der Waals surface area contributed by atoms with Gasteiger partial charge in [0.15, 0.2) is 0 Å². The Morgan fingerprint density at radius 1 is 1.44 bits per heavy atom. The second-order valence-electron chi connectivity index (χ2n) is 3.85. The maximum absolute atomic E-state index is 11.1. The van der Waals surface area contributed by atoms with Gasteiger partial charge in [0, 0.05) is 11.8 Å². The highest BCUT2D eigenvalue weighted by atomic mass is 32.2. The van der Waals surface area contributed by atoms with E-state index in [0.717, 1.165) is 0 Å².